The van der Waals surface area contributed by atoms with E-state index in [0.717, 1.165) is 12.1 Å². The monoisotopic (exact) mass is 359 g/mol. The molecule has 1 aliphatic heterocycles. The molecule has 0 saturated heterocycles. The number of aliphatic hydroxyl groups is 3. The summed E-state index contributed by atoms with van der Waals surface area (Å²) in [7, 11) is 0. The second-order valence-corrected chi connectivity index (χ2v) is 6.61. The number of aliphatic hydroxyl groups excluding tert-OH is 3. The highest BCUT2D eigenvalue weighted by molar-refractivity contribution is 5.76. The van der Waals surface area contributed by atoms with Gasteiger partial charge in [-0.2, -0.15) is 0 Å². The Morgan fingerprint density at radius 1 is 1.19 bits per heavy atom. The van der Waals surface area contributed by atoms with Crippen LogP contribution in [0.15, 0.2) is 36.5 Å². The van der Waals surface area contributed by atoms with Crippen LogP contribution in [0.1, 0.15) is 42.5 Å². The van der Waals surface area contributed by atoms with E-state index in [1.807, 2.05) is 30.3 Å². The molecule has 0 fully saturated rings. The largest absolute Gasteiger partial charge is 0.394 e. The normalized spacial score (nSPS) is 24.9. The standard InChI is InChI=1S/C19H25N3O4/c1-2-15(24)21-16-18(26)17(25)14(11-23)22-10-13(20-19(16)22)9-8-12-6-4-3-5-7-12/h3-7,10,14,16-18,23,25-26H,2,8-9,11H2,1H3,(H,21,24)/t14?,16-,17+,18+/m0/s1. The first kappa shape index (κ1) is 18.6. The molecule has 0 spiro atoms. The van der Waals surface area contributed by atoms with Gasteiger partial charge in [-0.3, -0.25) is 4.79 Å². The number of carbonyl (C=O) groups excluding carboxylic acids is 1. The van der Waals surface area contributed by atoms with Gasteiger partial charge in [-0.05, 0) is 18.4 Å². The number of carbonyl (C=O) groups is 1. The lowest BCUT2D eigenvalue weighted by Crippen LogP contribution is -2.51. The van der Waals surface area contributed by atoms with E-state index in [1.165, 1.54) is 5.56 Å². The summed E-state index contributed by atoms with van der Waals surface area (Å²) in [5.74, 6) is 0.232. The first-order chi connectivity index (χ1) is 12.5. The third kappa shape index (κ3) is 3.65. The van der Waals surface area contributed by atoms with Gasteiger partial charge in [0.15, 0.2) is 0 Å². The maximum Gasteiger partial charge on any atom is 0.220 e. The Balaban J connectivity index is 1.86. The van der Waals surface area contributed by atoms with Crippen LogP contribution in [0.3, 0.4) is 0 Å². The number of amides is 1. The molecule has 2 aromatic rings. The predicted molar refractivity (Wildman–Crippen MR) is 95.4 cm³/mol. The Morgan fingerprint density at radius 3 is 2.58 bits per heavy atom. The summed E-state index contributed by atoms with van der Waals surface area (Å²) >= 11 is 0. The number of nitrogens with zero attached hydrogens (tertiary/aromatic N) is 2. The van der Waals surface area contributed by atoms with Gasteiger partial charge in [-0.25, -0.2) is 4.98 Å². The molecule has 0 bridgehead atoms. The first-order valence-corrected chi connectivity index (χ1v) is 8.93. The lowest BCUT2D eigenvalue weighted by atomic mass is 9.94. The molecule has 4 N–H and O–H groups in total. The highest BCUT2D eigenvalue weighted by Gasteiger charge is 2.42. The molecule has 3 rings (SSSR count). The molecule has 1 aromatic carbocycles. The van der Waals surface area contributed by atoms with Crippen LogP contribution in [0, 0.1) is 0 Å². The molecule has 1 unspecified atom stereocenters. The van der Waals surface area contributed by atoms with E-state index in [0.29, 0.717) is 12.2 Å². The van der Waals surface area contributed by atoms with Crippen LogP contribution in [0.2, 0.25) is 0 Å². The summed E-state index contributed by atoms with van der Waals surface area (Å²) in [5, 5.41) is 33.1. The maximum atomic E-state index is 11.8. The van der Waals surface area contributed by atoms with Crippen LogP contribution in [-0.4, -0.2) is 49.6 Å². The van der Waals surface area contributed by atoms with Gasteiger partial charge in [-0.15, -0.1) is 0 Å². The van der Waals surface area contributed by atoms with Crippen molar-refractivity contribution in [2.45, 2.75) is 50.5 Å². The van der Waals surface area contributed by atoms with E-state index < -0.39 is 24.3 Å². The van der Waals surface area contributed by atoms with E-state index in [1.54, 1.807) is 17.7 Å². The van der Waals surface area contributed by atoms with Crippen molar-refractivity contribution < 1.29 is 20.1 Å². The third-order valence-corrected chi connectivity index (χ3v) is 4.87. The fraction of sp³-hybridized carbons (Fsp3) is 0.474. The number of hydrogen-bond acceptors (Lipinski definition) is 5. The first-order valence-electron chi connectivity index (χ1n) is 8.93. The Bertz CT molecular complexity index is 746. The number of hydrogen-bond donors (Lipinski definition) is 4. The summed E-state index contributed by atoms with van der Waals surface area (Å²) < 4.78 is 1.68. The highest BCUT2D eigenvalue weighted by atomic mass is 16.3. The average molecular weight is 359 g/mol. The van der Waals surface area contributed by atoms with Crippen molar-refractivity contribution in [1.82, 2.24) is 14.9 Å². The number of aryl methyl sites for hydroxylation is 2. The summed E-state index contributed by atoms with van der Waals surface area (Å²) in [4.78, 5) is 16.4. The fourth-order valence-electron chi connectivity index (χ4n) is 3.36. The number of aromatic nitrogens is 2. The number of fused-ring (bicyclic) bond motifs is 1. The van der Waals surface area contributed by atoms with Gasteiger partial charge in [0.25, 0.3) is 0 Å². The highest BCUT2D eigenvalue weighted by Crippen LogP contribution is 2.32. The lowest BCUT2D eigenvalue weighted by molar-refractivity contribution is -0.125. The minimum atomic E-state index is -1.22. The molecule has 4 atom stereocenters. The van der Waals surface area contributed by atoms with Crippen LogP contribution < -0.4 is 5.32 Å². The Labute approximate surface area is 152 Å². The fourth-order valence-corrected chi connectivity index (χ4v) is 3.36. The zero-order valence-corrected chi connectivity index (χ0v) is 14.7. The molecular weight excluding hydrogens is 334 g/mol. The summed E-state index contributed by atoms with van der Waals surface area (Å²) in [5.41, 5.74) is 1.98. The molecule has 0 radical (unpaired) electrons. The number of rotatable bonds is 6. The van der Waals surface area contributed by atoms with Gasteiger partial charge >= 0.3 is 0 Å². The topological polar surface area (TPSA) is 108 Å². The quantitative estimate of drug-likeness (QED) is 0.601. The van der Waals surface area contributed by atoms with Crippen molar-refractivity contribution >= 4 is 5.91 Å². The molecule has 26 heavy (non-hydrogen) atoms. The van der Waals surface area contributed by atoms with E-state index in [2.05, 4.69) is 10.3 Å². The summed E-state index contributed by atoms with van der Waals surface area (Å²) in [6.07, 6.45) is 1.13. The molecule has 1 amide bonds. The van der Waals surface area contributed by atoms with Crippen molar-refractivity contribution in [1.29, 1.82) is 0 Å². The molecule has 1 aromatic heterocycles. The lowest BCUT2D eigenvalue weighted by Gasteiger charge is -2.38. The van der Waals surface area contributed by atoms with E-state index in [9.17, 15) is 20.1 Å². The Kier molecular flexibility index (Phi) is 5.70. The molecular formula is C19H25N3O4. The third-order valence-electron chi connectivity index (χ3n) is 4.87. The van der Waals surface area contributed by atoms with Gasteiger partial charge in [0.05, 0.1) is 18.3 Å². The van der Waals surface area contributed by atoms with Crippen molar-refractivity contribution in [3.8, 4) is 0 Å². The van der Waals surface area contributed by atoms with Crippen molar-refractivity contribution in [3.05, 3.63) is 53.6 Å². The van der Waals surface area contributed by atoms with Crippen LogP contribution in [0.4, 0.5) is 0 Å². The SMILES string of the molecule is CCC(=O)N[C@@H]1c2nc(CCc3ccccc3)cn2C(CO)[C@@H](O)[C@@H]1O. The molecule has 0 aliphatic carbocycles. The summed E-state index contributed by atoms with van der Waals surface area (Å²) in [6.45, 7) is 1.39. The number of nitrogens with one attached hydrogen (secondary N) is 1. The second kappa shape index (κ2) is 7.99. The van der Waals surface area contributed by atoms with Crippen LogP contribution in [-0.2, 0) is 17.6 Å². The molecule has 140 valence electrons. The van der Waals surface area contributed by atoms with Gasteiger partial charge in [0, 0.05) is 12.6 Å². The van der Waals surface area contributed by atoms with Crippen molar-refractivity contribution in [2.24, 2.45) is 0 Å². The molecule has 7 heteroatoms. The van der Waals surface area contributed by atoms with Gasteiger partial charge in [0.2, 0.25) is 5.91 Å². The van der Waals surface area contributed by atoms with E-state index in [4.69, 9.17) is 0 Å². The zero-order chi connectivity index (χ0) is 18.7. The number of benzene rings is 1. The van der Waals surface area contributed by atoms with Crippen LogP contribution >= 0.6 is 0 Å². The van der Waals surface area contributed by atoms with Gasteiger partial charge < -0.3 is 25.2 Å². The van der Waals surface area contributed by atoms with Gasteiger partial charge in [0.1, 0.15) is 24.1 Å². The predicted octanol–water partition coefficient (Wildman–Crippen LogP) is 0.504. The molecule has 1 aliphatic rings. The van der Waals surface area contributed by atoms with Gasteiger partial charge in [-0.1, -0.05) is 37.3 Å². The summed E-state index contributed by atoms with van der Waals surface area (Å²) in [6, 6.07) is 8.54. The molecule has 7 nitrogen and oxygen atoms in total. The number of imidazole rings is 1. The van der Waals surface area contributed by atoms with Crippen LogP contribution in [0.5, 0.6) is 0 Å². The Hall–Kier alpha value is -2.22. The average Bonchev–Trinajstić information content (AvgIpc) is 3.08. The Morgan fingerprint density at radius 2 is 1.92 bits per heavy atom. The van der Waals surface area contributed by atoms with Crippen molar-refractivity contribution in [2.75, 3.05) is 6.61 Å². The van der Waals surface area contributed by atoms with E-state index in [-0.39, 0.29) is 18.9 Å². The molecule has 2 heterocycles. The van der Waals surface area contributed by atoms with E-state index >= 15 is 0 Å². The minimum Gasteiger partial charge on any atom is -0.394 e. The molecule has 0 saturated carbocycles. The smallest absolute Gasteiger partial charge is 0.220 e. The van der Waals surface area contributed by atoms with Crippen LogP contribution in [0.25, 0.3) is 0 Å². The zero-order valence-electron chi connectivity index (χ0n) is 14.7. The van der Waals surface area contributed by atoms with Crippen molar-refractivity contribution in [3.63, 3.8) is 0 Å². The maximum absolute atomic E-state index is 11.8. The second-order valence-electron chi connectivity index (χ2n) is 6.61. The minimum absolute atomic E-state index is 0.232.